The van der Waals surface area contributed by atoms with E-state index in [4.69, 9.17) is 4.74 Å². The SMILES string of the molecule is CN(C)c1cc2c(=O)[nH]c(C3CC3)nc2cc1OCC=O. The number of hydrogen-bond donors (Lipinski definition) is 1. The van der Waals surface area contributed by atoms with E-state index >= 15 is 0 Å². The molecule has 1 saturated carbocycles. The fourth-order valence-electron chi connectivity index (χ4n) is 2.31. The molecule has 110 valence electrons. The minimum Gasteiger partial charge on any atom is -0.484 e. The molecule has 3 rings (SSSR count). The van der Waals surface area contributed by atoms with Crippen LogP contribution in [0.25, 0.3) is 10.9 Å². The molecule has 0 radical (unpaired) electrons. The molecule has 0 bridgehead atoms. The lowest BCUT2D eigenvalue weighted by Crippen LogP contribution is -2.15. The minimum absolute atomic E-state index is 0.0228. The Morgan fingerprint density at radius 3 is 2.81 bits per heavy atom. The fourth-order valence-corrected chi connectivity index (χ4v) is 2.31. The number of H-pyrrole nitrogens is 1. The summed E-state index contributed by atoms with van der Waals surface area (Å²) in [6.07, 6.45) is 2.84. The van der Waals surface area contributed by atoms with E-state index in [1.165, 1.54) is 0 Å². The summed E-state index contributed by atoms with van der Waals surface area (Å²) in [6, 6.07) is 3.48. The quantitative estimate of drug-likeness (QED) is 0.842. The van der Waals surface area contributed by atoms with Crippen LogP contribution in [-0.2, 0) is 4.79 Å². The molecule has 0 unspecified atom stereocenters. The number of fused-ring (bicyclic) bond motifs is 1. The molecule has 1 fully saturated rings. The zero-order valence-electron chi connectivity index (χ0n) is 12.0. The molecular formula is C15H17N3O3. The molecule has 0 aliphatic heterocycles. The molecule has 1 aliphatic carbocycles. The van der Waals surface area contributed by atoms with Crippen LogP contribution in [-0.4, -0.2) is 37.0 Å². The van der Waals surface area contributed by atoms with Gasteiger partial charge < -0.3 is 14.6 Å². The van der Waals surface area contributed by atoms with Gasteiger partial charge in [-0.3, -0.25) is 9.59 Å². The summed E-state index contributed by atoms with van der Waals surface area (Å²) in [4.78, 5) is 32.0. The van der Waals surface area contributed by atoms with E-state index in [1.54, 1.807) is 12.1 Å². The Morgan fingerprint density at radius 2 is 2.19 bits per heavy atom. The van der Waals surface area contributed by atoms with Crippen molar-refractivity contribution < 1.29 is 9.53 Å². The summed E-state index contributed by atoms with van der Waals surface area (Å²) < 4.78 is 5.45. The van der Waals surface area contributed by atoms with Crippen molar-refractivity contribution in [2.75, 3.05) is 25.6 Å². The van der Waals surface area contributed by atoms with Crippen molar-refractivity contribution in [3.8, 4) is 5.75 Å². The molecule has 0 saturated heterocycles. The topological polar surface area (TPSA) is 75.3 Å². The second kappa shape index (κ2) is 5.20. The highest BCUT2D eigenvalue weighted by atomic mass is 16.5. The monoisotopic (exact) mass is 287 g/mol. The number of rotatable bonds is 5. The summed E-state index contributed by atoms with van der Waals surface area (Å²) in [5.74, 6) is 1.67. The number of carbonyl (C=O) groups excluding carboxylic acids is 1. The first-order valence-electron chi connectivity index (χ1n) is 6.92. The standard InChI is InChI=1S/C15H17N3O3/c1-18(2)12-7-10-11(8-13(12)21-6-5-19)16-14(9-3-4-9)17-15(10)20/h5,7-9H,3-4,6H2,1-2H3,(H,16,17,20). The summed E-state index contributed by atoms with van der Waals surface area (Å²) in [7, 11) is 3.71. The van der Waals surface area contributed by atoms with Crippen molar-refractivity contribution >= 4 is 22.9 Å². The van der Waals surface area contributed by atoms with Crippen LogP contribution in [0.15, 0.2) is 16.9 Å². The second-order valence-electron chi connectivity index (χ2n) is 5.43. The average Bonchev–Trinajstić information content (AvgIpc) is 3.28. The van der Waals surface area contributed by atoms with Gasteiger partial charge in [0, 0.05) is 26.1 Å². The van der Waals surface area contributed by atoms with E-state index in [0.717, 1.165) is 24.4 Å². The van der Waals surface area contributed by atoms with Crippen molar-refractivity contribution in [3.63, 3.8) is 0 Å². The van der Waals surface area contributed by atoms with Crippen molar-refractivity contribution in [2.45, 2.75) is 18.8 Å². The molecule has 2 aromatic rings. The first-order valence-corrected chi connectivity index (χ1v) is 6.92. The van der Waals surface area contributed by atoms with Crippen molar-refractivity contribution in [3.05, 3.63) is 28.3 Å². The molecule has 0 amide bonds. The van der Waals surface area contributed by atoms with Crippen LogP contribution >= 0.6 is 0 Å². The minimum atomic E-state index is -0.132. The van der Waals surface area contributed by atoms with Crippen LogP contribution < -0.4 is 15.2 Å². The number of benzene rings is 1. The highest BCUT2D eigenvalue weighted by Crippen LogP contribution is 2.38. The fraction of sp³-hybridized carbons (Fsp3) is 0.400. The van der Waals surface area contributed by atoms with E-state index in [0.29, 0.717) is 28.9 Å². The number of nitrogens with one attached hydrogen (secondary N) is 1. The first-order chi connectivity index (χ1) is 10.1. The summed E-state index contributed by atoms with van der Waals surface area (Å²) in [5.41, 5.74) is 1.22. The number of carbonyl (C=O) groups is 1. The predicted octanol–water partition coefficient (Wildman–Crippen LogP) is 1.44. The third kappa shape index (κ3) is 2.61. The number of hydrogen-bond acceptors (Lipinski definition) is 5. The van der Waals surface area contributed by atoms with Crippen LogP contribution in [0.5, 0.6) is 5.75 Å². The zero-order valence-corrected chi connectivity index (χ0v) is 12.0. The summed E-state index contributed by atoms with van der Waals surface area (Å²) in [6.45, 7) is -0.0228. The lowest BCUT2D eigenvalue weighted by Gasteiger charge is -2.18. The molecule has 6 nitrogen and oxygen atoms in total. The molecule has 0 spiro atoms. The Bertz CT molecular complexity index is 748. The number of aromatic amines is 1. The molecule has 1 N–H and O–H groups in total. The van der Waals surface area contributed by atoms with Crippen molar-refractivity contribution in [1.82, 2.24) is 9.97 Å². The Labute approximate surface area is 121 Å². The van der Waals surface area contributed by atoms with E-state index in [1.807, 2.05) is 19.0 Å². The normalized spacial score (nSPS) is 14.2. The lowest BCUT2D eigenvalue weighted by atomic mass is 10.2. The van der Waals surface area contributed by atoms with Gasteiger partial charge >= 0.3 is 0 Å². The number of anilines is 1. The largest absolute Gasteiger partial charge is 0.484 e. The van der Waals surface area contributed by atoms with Crippen LogP contribution in [0.1, 0.15) is 24.6 Å². The third-order valence-electron chi connectivity index (χ3n) is 3.56. The van der Waals surface area contributed by atoms with Gasteiger partial charge in [-0.15, -0.1) is 0 Å². The molecule has 1 aromatic carbocycles. The maximum Gasteiger partial charge on any atom is 0.258 e. The van der Waals surface area contributed by atoms with Gasteiger partial charge in [-0.1, -0.05) is 0 Å². The summed E-state index contributed by atoms with van der Waals surface area (Å²) in [5, 5.41) is 0.529. The average molecular weight is 287 g/mol. The molecule has 1 aromatic heterocycles. The van der Waals surface area contributed by atoms with Gasteiger partial charge in [0.25, 0.3) is 5.56 Å². The van der Waals surface area contributed by atoms with Gasteiger partial charge in [-0.2, -0.15) is 0 Å². The van der Waals surface area contributed by atoms with Crippen LogP contribution in [0.2, 0.25) is 0 Å². The van der Waals surface area contributed by atoms with Crippen molar-refractivity contribution in [1.29, 1.82) is 0 Å². The molecule has 21 heavy (non-hydrogen) atoms. The van der Waals surface area contributed by atoms with Crippen LogP contribution in [0.4, 0.5) is 5.69 Å². The van der Waals surface area contributed by atoms with E-state index in [2.05, 4.69) is 9.97 Å². The maximum absolute atomic E-state index is 12.2. The van der Waals surface area contributed by atoms with Crippen LogP contribution in [0.3, 0.4) is 0 Å². The number of ether oxygens (including phenoxy) is 1. The van der Waals surface area contributed by atoms with Gasteiger partial charge in [0.05, 0.1) is 16.6 Å². The Balaban J connectivity index is 2.17. The highest BCUT2D eigenvalue weighted by Gasteiger charge is 2.26. The lowest BCUT2D eigenvalue weighted by molar-refractivity contribution is -0.109. The van der Waals surface area contributed by atoms with Gasteiger partial charge in [0.1, 0.15) is 18.2 Å². The zero-order chi connectivity index (χ0) is 15.0. The van der Waals surface area contributed by atoms with Gasteiger partial charge in [0.15, 0.2) is 6.29 Å². The van der Waals surface area contributed by atoms with Crippen LogP contribution in [0, 0.1) is 0 Å². The second-order valence-corrected chi connectivity index (χ2v) is 5.43. The highest BCUT2D eigenvalue weighted by molar-refractivity contribution is 5.85. The summed E-state index contributed by atoms with van der Waals surface area (Å²) >= 11 is 0. The van der Waals surface area contributed by atoms with Crippen molar-refractivity contribution in [2.24, 2.45) is 0 Å². The Morgan fingerprint density at radius 1 is 1.43 bits per heavy atom. The number of aldehydes is 1. The van der Waals surface area contributed by atoms with Gasteiger partial charge in [-0.25, -0.2) is 4.98 Å². The Kier molecular flexibility index (Phi) is 3.37. The molecule has 1 heterocycles. The molecule has 1 aliphatic rings. The molecule has 6 heteroatoms. The van der Waals surface area contributed by atoms with E-state index < -0.39 is 0 Å². The van der Waals surface area contributed by atoms with Gasteiger partial charge in [0.2, 0.25) is 0 Å². The predicted molar refractivity (Wildman–Crippen MR) is 80.2 cm³/mol. The van der Waals surface area contributed by atoms with Gasteiger partial charge in [-0.05, 0) is 18.9 Å². The Hall–Kier alpha value is -2.37. The smallest absolute Gasteiger partial charge is 0.258 e. The van der Waals surface area contributed by atoms with E-state index in [-0.39, 0.29) is 12.2 Å². The number of nitrogens with zero attached hydrogens (tertiary/aromatic N) is 2. The third-order valence-corrected chi connectivity index (χ3v) is 3.56. The molecule has 0 atom stereocenters. The van der Waals surface area contributed by atoms with E-state index in [9.17, 15) is 9.59 Å². The first kappa shape index (κ1) is 13.6. The molecular weight excluding hydrogens is 270 g/mol. The maximum atomic E-state index is 12.2. The number of aromatic nitrogens is 2.